The zero-order chi connectivity index (χ0) is 18.4. The SMILES string of the molecule is COc1ccccc1Oc1ccc(NC(=O)[C@@H](N)c2ccccc2)cc1.Cl. The number of carbonyl (C=O) groups is 1. The summed E-state index contributed by atoms with van der Waals surface area (Å²) in [5, 5.41) is 2.81. The topological polar surface area (TPSA) is 73.6 Å². The van der Waals surface area contributed by atoms with Gasteiger partial charge in [-0.25, -0.2) is 0 Å². The van der Waals surface area contributed by atoms with Gasteiger partial charge in [-0.2, -0.15) is 0 Å². The van der Waals surface area contributed by atoms with Crippen molar-refractivity contribution in [3.05, 3.63) is 84.4 Å². The molecule has 0 fully saturated rings. The fourth-order valence-corrected chi connectivity index (χ4v) is 2.47. The van der Waals surface area contributed by atoms with E-state index in [4.69, 9.17) is 15.2 Å². The summed E-state index contributed by atoms with van der Waals surface area (Å²) in [5.41, 5.74) is 7.41. The number of rotatable bonds is 6. The molecule has 0 spiro atoms. The second-order valence-electron chi connectivity index (χ2n) is 5.65. The number of hydrogen-bond donors (Lipinski definition) is 2. The largest absolute Gasteiger partial charge is 0.493 e. The summed E-state index contributed by atoms with van der Waals surface area (Å²) in [7, 11) is 1.59. The van der Waals surface area contributed by atoms with Crippen molar-refractivity contribution >= 4 is 24.0 Å². The lowest BCUT2D eigenvalue weighted by Gasteiger charge is -2.13. The van der Waals surface area contributed by atoms with Gasteiger partial charge in [-0.1, -0.05) is 42.5 Å². The minimum atomic E-state index is -0.722. The van der Waals surface area contributed by atoms with Crippen LogP contribution in [0.3, 0.4) is 0 Å². The number of amides is 1. The van der Waals surface area contributed by atoms with E-state index in [1.165, 1.54) is 0 Å². The molecule has 3 rings (SSSR count). The van der Waals surface area contributed by atoms with E-state index in [-0.39, 0.29) is 18.3 Å². The predicted molar refractivity (Wildman–Crippen MR) is 109 cm³/mol. The van der Waals surface area contributed by atoms with Crippen LogP contribution < -0.4 is 20.5 Å². The maximum absolute atomic E-state index is 12.3. The quantitative estimate of drug-likeness (QED) is 0.654. The van der Waals surface area contributed by atoms with Crippen molar-refractivity contribution in [3.8, 4) is 17.2 Å². The molecule has 0 saturated carbocycles. The summed E-state index contributed by atoms with van der Waals surface area (Å²) in [5.74, 6) is 1.64. The Bertz CT molecular complexity index is 870. The number of carbonyl (C=O) groups excluding carboxylic acids is 1. The van der Waals surface area contributed by atoms with Crippen molar-refractivity contribution in [2.45, 2.75) is 6.04 Å². The van der Waals surface area contributed by atoms with E-state index in [9.17, 15) is 4.79 Å². The van der Waals surface area contributed by atoms with Gasteiger partial charge in [0.1, 0.15) is 11.8 Å². The summed E-state index contributed by atoms with van der Waals surface area (Å²) in [4.78, 5) is 12.3. The normalized spacial score (nSPS) is 11.0. The number of benzene rings is 3. The van der Waals surface area contributed by atoms with E-state index in [2.05, 4.69) is 5.32 Å². The first-order valence-corrected chi connectivity index (χ1v) is 8.19. The van der Waals surface area contributed by atoms with Crippen LogP contribution in [0.25, 0.3) is 0 Å². The van der Waals surface area contributed by atoms with Gasteiger partial charge in [-0.05, 0) is 42.0 Å². The van der Waals surface area contributed by atoms with Crippen molar-refractivity contribution in [1.82, 2.24) is 0 Å². The number of nitrogens with two attached hydrogens (primary N) is 1. The molecule has 0 saturated heterocycles. The summed E-state index contributed by atoms with van der Waals surface area (Å²) >= 11 is 0. The van der Waals surface area contributed by atoms with Gasteiger partial charge in [0.15, 0.2) is 11.5 Å². The van der Waals surface area contributed by atoms with Crippen molar-refractivity contribution in [2.75, 3.05) is 12.4 Å². The Morgan fingerprint density at radius 1 is 0.889 bits per heavy atom. The van der Waals surface area contributed by atoms with E-state index >= 15 is 0 Å². The van der Waals surface area contributed by atoms with Crippen LogP contribution in [0.2, 0.25) is 0 Å². The smallest absolute Gasteiger partial charge is 0.245 e. The van der Waals surface area contributed by atoms with Gasteiger partial charge in [0, 0.05) is 5.69 Å². The maximum atomic E-state index is 12.3. The first-order valence-electron chi connectivity index (χ1n) is 8.19. The number of ether oxygens (including phenoxy) is 2. The van der Waals surface area contributed by atoms with E-state index in [0.29, 0.717) is 22.9 Å². The molecule has 0 unspecified atom stereocenters. The third-order valence-corrected chi connectivity index (χ3v) is 3.86. The fraction of sp³-hybridized carbons (Fsp3) is 0.0952. The molecule has 27 heavy (non-hydrogen) atoms. The Balaban J connectivity index is 0.00000261. The minimum Gasteiger partial charge on any atom is -0.493 e. The van der Waals surface area contributed by atoms with Crippen LogP contribution in [-0.4, -0.2) is 13.0 Å². The Labute approximate surface area is 164 Å². The van der Waals surface area contributed by atoms with Crippen molar-refractivity contribution < 1.29 is 14.3 Å². The number of hydrogen-bond acceptors (Lipinski definition) is 4. The van der Waals surface area contributed by atoms with E-state index in [1.807, 2.05) is 54.6 Å². The summed E-state index contributed by atoms with van der Waals surface area (Å²) in [6, 6.07) is 23.0. The van der Waals surface area contributed by atoms with Crippen LogP contribution in [0.5, 0.6) is 17.2 Å². The number of nitrogens with one attached hydrogen (secondary N) is 1. The molecule has 0 aliphatic rings. The zero-order valence-corrected chi connectivity index (χ0v) is 15.6. The second kappa shape index (κ2) is 9.62. The van der Waals surface area contributed by atoms with E-state index in [0.717, 1.165) is 5.56 Å². The molecule has 3 aromatic rings. The Morgan fingerprint density at radius 2 is 1.48 bits per heavy atom. The monoisotopic (exact) mass is 384 g/mol. The molecule has 0 aromatic heterocycles. The standard InChI is InChI=1S/C21H20N2O3.ClH/c1-25-18-9-5-6-10-19(18)26-17-13-11-16(12-14-17)23-21(24)20(22)15-7-3-2-4-8-15;/h2-14,20H,22H2,1H3,(H,23,24);1H/t20-;/m0./s1. The highest BCUT2D eigenvalue weighted by Gasteiger charge is 2.15. The van der Waals surface area contributed by atoms with Gasteiger partial charge < -0.3 is 20.5 Å². The maximum Gasteiger partial charge on any atom is 0.245 e. The van der Waals surface area contributed by atoms with Crippen LogP contribution in [0, 0.1) is 0 Å². The molecule has 5 nitrogen and oxygen atoms in total. The van der Waals surface area contributed by atoms with Crippen LogP contribution in [0.15, 0.2) is 78.9 Å². The van der Waals surface area contributed by atoms with Crippen LogP contribution in [0.4, 0.5) is 5.69 Å². The number of anilines is 1. The van der Waals surface area contributed by atoms with Crippen LogP contribution >= 0.6 is 12.4 Å². The van der Waals surface area contributed by atoms with E-state index < -0.39 is 6.04 Å². The predicted octanol–water partition coefficient (Wildman–Crippen LogP) is 4.55. The van der Waals surface area contributed by atoms with Gasteiger partial charge in [0.2, 0.25) is 5.91 Å². The van der Waals surface area contributed by atoms with Gasteiger partial charge in [0.25, 0.3) is 0 Å². The molecule has 6 heteroatoms. The lowest BCUT2D eigenvalue weighted by molar-refractivity contribution is -0.117. The molecule has 1 atom stereocenters. The average Bonchev–Trinajstić information content (AvgIpc) is 2.70. The number of para-hydroxylation sites is 2. The number of halogens is 1. The summed E-state index contributed by atoms with van der Waals surface area (Å²) in [6.07, 6.45) is 0. The Hall–Kier alpha value is -3.02. The van der Waals surface area contributed by atoms with Gasteiger partial charge in [-0.15, -0.1) is 12.4 Å². The molecule has 3 N–H and O–H groups in total. The Morgan fingerprint density at radius 3 is 2.11 bits per heavy atom. The highest BCUT2D eigenvalue weighted by Crippen LogP contribution is 2.31. The highest BCUT2D eigenvalue weighted by atomic mass is 35.5. The van der Waals surface area contributed by atoms with Gasteiger partial charge >= 0.3 is 0 Å². The lowest BCUT2D eigenvalue weighted by Crippen LogP contribution is -2.27. The third kappa shape index (κ3) is 5.23. The molecule has 0 bridgehead atoms. The summed E-state index contributed by atoms with van der Waals surface area (Å²) < 4.78 is 11.1. The first kappa shape index (κ1) is 20.3. The molecule has 0 heterocycles. The molecule has 0 aliphatic carbocycles. The van der Waals surface area contributed by atoms with Crippen molar-refractivity contribution in [2.24, 2.45) is 5.73 Å². The first-order chi connectivity index (χ1) is 12.7. The second-order valence-corrected chi connectivity index (χ2v) is 5.65. The molecule has 0 aliphatic heterocycles. The molecule has 3 aromatic carbocycles. The van der Waals surface area contributed by atoms with Crippen molar-refractivity contribution in [3.63, 3.8) is 0 Å². The molecule has 0 radical (unpaired) electrons. The fourth-order valence-electron chi connectivity index (χ4n) is 2.47. The zero-order valence-electron chi connectivity index (χ0n) is 14.8. The van der Waals surface area contributed by atoms with Crippen LogP contribution in [-0.2, 0) is 4.79 Å². The van der Waals surface area contributed by atoms with E-state index in [1.54, 1.807) is 31.4 Å². The third-order valence-electron chi connectivity index (χ3n) is 3.86. The van der Waals surface area contributed by atoms with Gasteiger partial charge in [0.05, 0.1) is 7.11 Å². The molecule has 140 valence electrons. The number of methoxy groups -OCH3 is 1. The van der Waals surface area contributed by atoms with Crippen LogP contribution in [0.1, 0.15) is 11.6 Å². The minimum absolute atomic E-state index is 0. The summed E-state index contributed by atoms with van der Waals surface area (Å²) in [6.45, 7) is 0. The molecular formula is C21H21ClN2O3. The van der Waals surface area contributed by atoms with Crippen molar-refractivity contribution in [1.29, 1.82) is 0 Å². The van der Waals surface area contributed by atoms with Gasteiger partial charge in [-0.3, -0.25) is 4.79 Å². The molecule has 1 amide bonds. The highest BCUT2D eigenvalue weighted by molar-refractivity contribution is 5.95. The average molecular weight is 385 g/mol. The lowest BCUT2D eigenvalue weighted by atomic mass is 10.1. The molecular weight excluding hydrogens is 364 g/mol. The Kier molecular flexibility index (Phi) is 7.23.